The van der Waals surface area contributed by atoms with Gasteiger partial charge in [-0.25, -0.2) is 0 Å². The Hall–Kier alpha value is -1.15. The number of ether oxygens (including phenoxy) is 1. The molecule has 0 aliphatic carbocycles. The Morgan fingerprint density at radius 2 is 1.88 bits per heavy atom. The lowest BCUT2D eigenvalue weighted by molar-refractivity contribution is -0.123. The normalized spacial score (nSPS) is 13.5. The van der Waals surface area contributed by atoms with Crippen LogP contribution in [0.5, 0.6) is 0 Å². The van der Waals surface area contributed by atoms with E-state index < -0.39 is 5.41 Å². The molecule has 0 radical (unpaired) electrons. The summed E-state index contributed by atoms with van der Waals surface area (Å²) in [5, 5.41) is 0. The van der Waals surface area contributed by atoms with Gasteiger partial charge >= 0.3 is 0 Å². The van der Waals surface area contributed by atoms with Crippen molar-refractivity contribution in [3.63, 3.8) is 0 Å². The van der Waals surface area contributed by atoms with Gasteiger partial charge in [-0.05, 0) is 19.4 Å². The minimum atomic E-state index is -0.495. The van der Waals surface area contributed by atoms with E-state index in [0.717, 1.165) is 11.8 Å². The third-order valence-electron chi connectivity index (χ3n) is 2.69. The maximum absolute atomic E-state index is 11.1. The van der Waals surface area contributed by atoms with Crippen LogP contribution in [0.4, 0.5) is 0 Å². The number of hydrogen-bond acceptors (Lipinski definition) is 2. The van der Waals surface area contributed by atoms with E-state index in [0.29, 0.717) is 6.61 Å². The molecule has 1 rings (SSSR count). The van der Waals surface area contributed by atoms with Crippen molar-refractivity contribution in [3.05, 3.63) is 35.4 Å². The average Bonchev–Trinajstić information content (AvgIpc) is 2.27. The van der Waals surface area contributed by atoms with Crippen LogP contribution in [0.1, 0.15) is 38.0 Å². The summed E-state index contributed by atoms with van der Waals surface area (Å²) >= 11 is 0. The lowest BCUT2D eigenvalue weighted by atomic mass is 9.84. The lowest BCUT2D eigenvalue weighted by Gasteiger charge is -2.29. The highest BCUT2D eigenvalue weighted by Gasteiger charge is 2.31. The molecule has 0 saturated heterocycles. The van der Waals surface area contributed by atoms with Gasteiger partial charge in [-0.15, -0.1) is 0 Å². The highest BCUT2D eigenvalue weighted by Crippen LogP contribution is 2.34. The van der Waals surface area contributed by atoms with Crippen LogP contribution in [0.25, 0.3) is 0 Å². The van der Waals surface area contributed by atoms with Crippen LogP contribution in [0.3, 0.4) is 0 Å². The fourth-order valence-corrected chi connectivity index (χ4v) is 1.71. The number of carbonyl (C=O) groups is 1. The molecule has 0 spiro atoms. The van der Waals surface area contributed by atoms with Gasteiger partial charge in [0.25, 0.3) is 0 Å². The van der Waals surface area contributed by atoms with Crippen molar-refractivity contribution >= 4 is 6.29 Å². The predicted octanol–water partition coefficient (Wildman–Crippen LogP) is 3.30. The molecule has 88 valence electrons. The smallest absolute Gasteiger partial charge is 0.128 e. The summed E-state index contributed by atoms with van der Waals surface area (Å²) in [4.78, 5) is 11.1. The zero-order valence-corrected chi connectivity index (χ0v) is 10.5. The largest absolute Gasteiger partial charge is 0.373 e. The van der Waals surface area contributed by atoms with Gasteiger partial charge in [0.05, 0.1) is 11.5 Å². The van der Waals surface area contributed by atoms with E-state index in [-0.39, 0.29) is 6.10 Å². The Morgan fingerprint density at radius 3 is 2.31 bits per heavy atom. The van der Waals surface area contributed by atoms with Crippen LogP contribution in [-0.4, -0.2) is 12.9 Å². The summed E-state index contributed by atoms with van der Waals surface area (Å²) < 4.78 is 5.69. The lowest BCUT2D eigenvalue weighted by Crippen LogP contribution is -2.26. The van der Waals surface area contributed by atoms with E-state index in [1.54, 1.807) is 0 Å². The predicted molar refractivity (Wildman–Crippen MR) is 65.4 cm³/mol. The van der Waals surface area contributed by atoms with Crippen LogP contribution in [0.2, 0.25) is 0 Å². The van der Waals surface area contributed by atoms with Gasteiger partial charge in [-0.2, -0.15) is 0 Å². The topological polar surface area (TPSA) is 26.3 Å². The minimum Gasteiger partial charge on any atom is -0.373 e. The first-order valence-electron chi connectivity index (χ1n) is 5.65. The molecule has 2 nitrogen and oxygen atoms in total. The molecular weight excluding hydrogens is 200 g/mol. The van der Waals surface area contributed by atoms with Gasteiger partial charge in [0.15, 0.2) is 0 Å². The van der Waals surface area contributed by atoms with Crippen LogP contribution in [0.15, 0.2) is 24.3 Å². The van der Waals surface area contributed by atoms with Crippen molar-refractivity contribution in [1.82, 2.24) is 0 Å². The van der Waals surface area contributed by atoms with Crippen molar-refractivity contribution in [1.29, 1.82) is 0 Å². The van der Waals surface area contributed by atoms with Crippen molar-refractivity contribution in [2.24, 2.45) is 5.41 Å². The second-order valence-corrected chi connectivity index (χ2v) is 4.69. The first-order valence-corrected chi connectivity index (χ1v) is 5.65. The highest BCUT2D eigenvalue weighted by atomic mass is 16.5. The molecule has 0 amide bonds. The van der Waals surface area contributed by atoms with Gasteiger partial charge in [-0.3, -0.25) is 0 Å². The van der Waals surface area contributed by atoms with Gasteiger partial charge in [0.2, 0.25) is 0 Å². The molecule has 0 aliphatic heterocycles. The zero-order valence-electron chi connectivity index (χ0n) is 10.5. The Bertz CT molecular complexity index is 338. The summed E-state index contributed by atoms with van der Waals surface area (Å²) in [7, 11) is 0. The minimum absolute atomic E-state index is 0.171. The summed E-state index contributed by atoms with van der Waals surface area (Å²) in [6.45, 7) is 8.41. The molecule has 0 aliphatic rings. The Balaban J connectivity index is 3.02. The molecule has 1 aromatic rings. The summed E-state index contributed by atoms with van der Waals surface area (Å²) in [6, 6.07) is 8.15. The standard InChI is InChI=1S/C14H20O2/c1-5-16-13(14(3,4)10-15)12-8-6-11(2)7-9-12/h6-10,13H,5H2,1-4H3. The maximum atomic E-state index is 11.1. The molecule has 1 aromatic carbocycles. The fraction of sp³-hybridized carbons (Fsp3) is 0.500. The quantitative estimate of drug-likeness (QED) is 0.712. The second-order valence-electron chi connectivity index (χ2n) is 4.69. The maximum Gasteiger partial charge on any atom is 0.128 e. The molecule has 1 unspecified atom stereocenters. The van der Waals surface area contributed by atoms with E-state index in [2.05, 4.69) is 0 Å². The van der Waals surface area contributed by atoms with Gasteiger partial charge in [0.1, 0.15) is 6.29 Å². The van der Waals surface area contributed by atoms with E-state index in [4.69, 9.17) is 4.74 Å². The molecule has 0 fully saturated rings. The summed E-state index contributed by atoms with van der Waals surface area (Å²) in [6.07, 6.45) is 0.795. The number of rotatable bonds is 5. The average molecular weight is 220 g/mol. The Morgan fingerprint density at radius 1 is 1.31 bits per heavy atom. The molecule has 0 bridgehead atoms. The number of aryl methyl sites for hydroxylation is 1. The van der Waals surface area contributed by atoms with Crippen LogP contribution < -0.4 is 0 Å². The molecule has 2 heteroatoms. The van der Waals surface area contributed by atoms with Gasteiger partial charge in [0, 0.05) is 6.61 Å². The molecular formula is C14H20O2. The van der Waals surface area contributed by atoms with Crippen LogP contribution in [0, 0.1) is 12.3 Å². The molecule has 0 aromatic heterocycles. The number of hydrogen-bond donors (Lipinski definition) is 0. The van der Waals surface area contributed by atoms with E-state index in [1.165, 1.54) is 5.56 Å². The van der Waals surface area contributed by atoms with E-state index >= 15 is 0 Å². The second kappa shape index (κ2) is 5.26. The van der Waals surface area contributed by atoms with Gasteiger partial charge < -0.3 is 9.53 Å². The fourth-order valence-electron chi connectivity index (χ4n) is 1.71. The van der Waals surface area contributed by atoms with Crippen molar-refractivity contribution in [2.45, 2.75) is 33.8 Å². The van der Waals surface area contributed by atoms with Gasteiger partial charge in [-0.1, -0.05) is 43.7 Å². The molecule has 16 heavy (non-hydrogen) atoms. The SMILES string of the molecule is CCOC(c1ccc(C)cc1)C(C)(C)C=O. The number of benzene rings is 1. The van der Waals surface area contributed by atoms with Crippen molar-refractivity contribution in [2.75, 3.05) is 6.61 Å². The summed E-state index contributed by atoms with van der Waals surface area (Å²) in [5.41, 5.74) is 1.78. The van der Waals surface area contributed by atoms with E-state index in [9.17, 15) is 4.79 Å². The van der Waals surface area contributed by atoms with Crippen LogP contribution >= 0.6 is 0 Å². The Kier molecular flexibility index (Phi) is 4.25. The molecule has 0 heterocycles. The first kappa shape index (κ1) is 12.9. The van der Waals surface area contributed by atoms with Crippen molar-refractivity contribution in [3.8, 4) is 0 Å². The molecule has 1 atom stereocenters. The summed E-state index contributed by atoms with van der Waals surface area (Å²) in [5.74, 6) is 0. The highest BCUT2D eigenvalue weighted by molar-refractivity contribution is 5.60. The van der Waals surface area contributed by atoms with E-state index in [1.807, 2.05) is 52.0 Å². The van der Waals surface area contributed by atoms with Crippen molar-refractivity contribution < 1.29 is 9.53 Å². The number of aldehydes is 1. The monoisotopic (exact) mass is 220 g/mol. The molecule has 0 N–H and O–H groups in total. The molecule has 0 saturated carbocycles. The van der Waals surface area contributed by atoms with Crippen LogP contribution in [-0.2, 0) is 9.53 Å². The third-order valence-corrected chi connectivity index (χ3v) is 2.69. The Labute approximate surface area is 97.6 Å². The first-order chi connectivity index (χ1) is 7.51. The third kappa shape index (κ3) is 2.92. The number of carbonyl (C=O) groups excluding carboxylic acids is 1. The zero-order chi connectivity index (χ0) is 12.2.